The zero-order valence-corrected chi connectivity index (χ0v) is 16.4. The molecule has 1 fully saturated rings. The smallest absolute Gasteiger partial charge is 0.316 e. The highest BCUT2D eigenvalue weighted by molar-refractivity contribution is 7.99. The van der Waals surface area contributed by atoms with Crippen LogP contribution in [-0.2, 0) is 33.7 Å². The van der Waals surface area contributed by atoms with Crippen LogP contribution in [0.2, 0.25) is 0 Å². The molecule has 0 radical (unpaired) electrons. The Balaban J connectivity index is 1.78. The third-order valence-corrected chi connectivity index (χ3v) is 7.13. The van der Waals surface area contributed by atoms with Crippen LogP contribution in [0.1, 0.15) is 36.1 Å². The summed E-state index contributed by atoms with van der Waals surface area (Å²) in [5.74, 6) is -0.177. The van der Waals surface area contributed by atoms with Crippen molar-refractivity contribution in [3.05, 3.63) is 20.8 Å². The summed E-state index contributed by atoms with van der Waals surface area (Å²) >= 11 is 2.90. The van der Waals surface area contributed by atoms with E-state index >= 15 is 0 Å². The molecule has 1 aliphatic heterocycles. The van der Waals surface area contributed by atoms with Crippen LogP contribution in [-0.4, -0.2) is 41.1 Å². The molecule has 0 bridgehead atoms. The van der Waals surface area contributed by atoms with Gasteiger partial charge in [-0.25, -0.2) is 4.98 Å². The van der Waals surface area contributed by atoms with Gasteiger partial charge in [-0.3, -0.25) is 14.2 Å². The summed E-state index contributed by atoms with van der Waals surface area (Å²) in [6, 6.07) is 0. The fraction of sp³-hybridized carbons (Fsp3) is 0.611. The van der Waals surface area contributed by atoms with Gasteiger partial charge in [0, 0.05) is 11.5 Å². The van der Waals surface area contributed by atoms with Crippen molar-refractivity contribution in [1.82, 2.24) is 9.55 Å². The van der Waals surface area contributed by atoms with Crippen LogP contribution in [0.4, 0.5) is 0 Å². The van der Waals surface area contributed by atoms with Gasteiger partial charge in [0.1, 0.15) is 4.83 Å². The summed E-state index contributed by atoms with van der Waals surface area (Å²) < 4.78 is 12.2. The van der Waals surface area contributed by atoms with Crippen molar-refractivity contribution < 1.29 is 14.3 Å². The van der Waals surface area contributed by atoms with E-state index < -0.39 is 0 Å². The SMILES string of the molecule is COC(=O)CSc1nc2sc3c(c2c(=O)n1C[C@H]1CCCO1)CCCC3. The van der Waals surface area contributed by atoms with E-state index in [2.05, 4.69) is 0 Å². The highest BCUT2D eigenvalue weighted by Crippen LogP contribution is 2.35. The van der Waals surface area contributed by atoms with Crippen molar-refractivity contribution >= 4 is 39.3 Å². The van der Waals surface area contributed by atoms with Gasteiger partial charge in [-0.15, -0.1) is 11.3 Å². The zero-order valence-electron chi connectivity index (χ0n) is 14.8. The highest BCUT2D eigenvalue weighted by Gasteiger charge is 2.25. The van der Waals surface area contributed by atoms with E-state index in [1.807, 2.05) is 0 Å². The lowest BCUT2D eigenvalue weighted by Gasteiger charge is -2.16. The standard InChI is InChI=1S/C18H22N2O4S2/c1-23-14(21)10-25-18-19-16-15(12-6-2-3-7-13(12)26-16)17(22)20(18)9-11-5-4-8-24-11/h11H,2-10H2,1H3/t11-/m1/s1. The van der Waals surface area contributed by atoms with E-state index in [0.717, 1.165) is 48.9 Å². The van der Waals surface area contributed by atoms with Gasteiger partial charge in [0.2, 0.25) is 0 Å². The van der Waals surface area contributed by atoms with Crippen LogP contribution in [0.15, 0.2) is 9.95 Å². The molecule has 2 aliphatic rings. The first-order chi connectivity index (χ1) is 12.7. The number of hydrogen-bond donors (Lipinski definition) is 0. The molecule has 3 heterocycles. The Kier molecular flexibility index (Phi) is 5.33. The molecule has 1 aliphatic carbocycles. The van der Waals surface area contributed by atoms with Crippen molar-refractivity contribution in [1.29, 1.82) is 0 Å². The molecule has 0 spiro atoms. The molecule has 2 aromatic heterocycles. The molecule has 0 aromatic carbocycles. The maximum atomic E-state index is 13.3. The molecule has 0 saturated carbocycles. The highest BCUT2D eigenvalue weighted by atomic mass is 32.2. The third-order valence-electron chi connectivity index (χ3n) is 5.00. The Morgan fingerprint density at radius 2 is 2.23 bits per heavy atom. The number of aromatic nitrogens is 2. The third kappa shape index (κ3) is 3.42. The molecule has 2 aromatic rings. The Labute approximate surface area is 159 Å². The molecule has 0 amide bonds. The summed E-state index contributed by atoms with van der Waals surface area (Å²) in [5, 5.41) is 1.37. The van der Waals surface area contributed by atoms with E-state index in [-0.39, 0.29) is 23.4 Å². The van der Waals surface area contributed by atoms with Crippen molar-refractivity contribution in [3.63, 3.8) is 0 Å². The molecule has 4 rings (SSSR count). The van der Waals surface area contributed by atoms with Crippen LogP contribution in [0.3, 0.4) is 0 Å². The van der Waals surface area contributed by atoms with Gasteiger partial charge in [-0.2, -0.15) is 0 Å². The largest absolute Gasteiger partial charge is 0.468 e. The van der Waals surface area contributed by atoms with Gasteiger partial charge in [0.15, 0.2) is 5.16 Å². The van der Waals surface area contributed by atoms with Gasteiger partial charge >= 0.3 is 5.97 Å². The van der Waals surface area contributed by atoms with E-state index in [9.17, 15) is 9.59 Å². The first kappa shape index (κ1) is 18.0. The van der Waals surface area contributed by atoms with Crippen LogP contribution >= 0.6 is 23.1 Å². The molecule has 1 atom stereocenters. The van der Waals surface area contributed by atoms with Crippen molar-refractivity contribution in [2.45, 2.75) is 56.3 Å². The molecule has 140 valence electrons. The summed E-state index contributed by atoms with van der Waals surface area (Å²) in [6.45, 7) is 1.24. The summed E-state index contributed by atoms with van der Waals surface area (Å²) in [7, 11) is 1.37. The van der Waals surface area contributed by atoms with Crippen LogP contribution in [0, 0.1) is 0 Å². The van der Waals surface area contributed by atoms with Gasteiger partial charge in [0.25, 0.3) is 5.56 Å². The average molecular weight is 395 g/mol. The van der Waals surface area contributed by atoms with E-state index in [1.165, 1.54) is 35.7 Å². The molecular formula is C18H22N2O4S2. The topological polar surface area (TPSA) is 70.4 Å². The number of carbonyl (C=O) groups excluding carboxylic acids is 1. The molecule has 6 nitrogen and oxygen atoms in total. The maximum absolute atomic E-state index is 13.3. The second-order valence-corrected chi connectivity index (χ2v) is 8.73. The van der Waals surface area contributed by atoms with Crippen LogP contribution < -0.4 is 5.56 Å². The Hall–Kier alpha value is -1.38. The Morgan fingerprint density at radius 1 is 1.38 bits per heavy atom. The normalized spacial score (nSPS) is 19.7. The Bertz CT molecular complexity index is 883. The van der Waals surface area contributed by atoms with Crippen molar-refractivity contribution in [2.24, 2.45) is 0 Å². The van der Waals surface area contributed by atoms with Gasteiger partial charge in [-0.1, -0.05) is 11.8 Å². The Morgan fingerprint density at radius 3 is 3.00 bits per heavy atom. The van der Waals surface area contributed by atoms with Gasteiger partial charge < -0.3 is 9.47 Å². The lowest BCUT2D eigenvalue weighted by atomic mass is 9.97. The number of aryl methyl sites for hydroxylation is 2. The first-order valence-corrected chi connectivity index (χ1v) is 10.8. The number of esters is 1. The molecule has 1 saturated heterocycles. The van der Waals surface area contributed by atoms with Crippen molar-refractivity contribution in [3.8, 4) is 0 Å². The second-order valence-electron chi connectivity index (χ2n) is 6.70. The number of hydrogen-bond acceptors (Lipinski definition) is 7. The minimum absolute atomic E-state index is 0.0114. The lowest BCUT2D eigenvalue weighted by molar-refractivity contribution is -0.137. The predicted octanol–water partition coefficient (Wildman–Crippen LogP) is 2.78. The quantitative estimate of drug-likeness (QED) is 0.441. The number of thioether (sulfide) groups is 1. The van der Waals surface area contributed by atoms with Crippen LogP contribution in [0.25, 0.3) is 10.2 Å². The summed E-state index contributed by atoms with van der Waals surface area (Å²) in [4.78, 5) is 31.8. The van der Waals surface area contributed by atoms with Crippen molar-refractivity contribution in [2.75, 3.05) is 19.5 Å². The number of methoxy groups -OCH3 is 1. The second kappa shape index (κ2) is 7.70. The molecule has 26 heavy (non-hydrogen) atoms. The predicted molar refractivity (Wildman–Crippen MR) is 102 cm³/mol. The van der Waals surface area contributed by atoms with Gasteiger partial charge in [-0.05, 0) is 44.1 Å². The molecule has 8 heteroatoms. The number of rotatable bonds is 5. The monoisotopic (exact) mass is 394 g/mol. The molecule has 0 unspecified atom stereocenters. The zero-order chi connectivity index (χ0) is 18.1. The number of thiophene rings is 1. The fourth-order valence-corrected chi connectivity index (χ4v) is 5.81. The minimum atomic E-state index is -0.321. The minimum Gasteiger partial charge on any atom is -0.468 e. The average Bonchev–Trinajstić information content (AvgIpc) is 3.29. The molecule has 0 N–H and O–H groups in total. The summed E-state index contributed by atoms with van der Waals surface area (Å²) in [5.41, 5.74) is 1.21. The van der Waals surface area contributed by atoms with Gasteiger partial charge in [0.05, 0.1) is 30.9 Å². The number of fused-ring (bicyclic) bond motifs is 3. The van der Waals surface area contributed by atoms with E-state index in [0.29, 0.717) is 11.7 Å². The maximum Gasteiger partial charge on any atom is 0.316 e. The lowest BCUT2D eigenvalue weighted by Crippen LogP contribution is -2.29. The molecular weight excluding hydrogens is 372 g/mol. The van der Waals surface area contributed by atoms with Crippen LogP contribution in [0.5, 0.6) is 0 Å². The number of carbonyl (C=O) groups is 1. The van der Waals surface area contributed by atoms with E-state index in [4.69, 9.17) is 14.5 Å². The number of ether oxygens (including phenoxy) is 2. The summed E-state index contributed by atoms with van der Waals surface area (Å²) in [6.07, 6.45) is 6.31. The van der Waals surface area contributed by atoms with E-state index in [1.54, 1.807) is 15.9 Å². The first-order valence-electron chi connectivity index (χ1n) is 9.03. The number of nitrogens with zero attached hydrogens (tertiary/aromatic N) is 2. The fourth-order valence-electron chi connectivity index (χ4n) is 3.67.